The fraction of sp³-hybridized carbons (Fsp3) is 0.750. The third kappa shape index (κ3) is 3.80. The molecule has 1 aromatic rings. The highest BCUT2D eigenvalue weighted by molar-refractivity contribution is 7.97. The number of halogens is 3. The molecule has 3 fully saturated rings. The second-order valence-corrected chi connectivity index (χ2v) is 10.2. The highest BCUT2D eigenvalue weighted by Crippen LogP contribution is 2.48. The molecular weight excluding hydrogens is 387 g/mol. The van der Waals surface area contributed by atoms with Crippen LogP contribution < -0.4 is 0 Å². The van der Waals surface area contributed by atoms with E-state index in [0.717, 1.165) is 63.2 Å². The minimum atomic E-state index is -4.39. The molecule has 8 heteroatoms. The molecule has 1 aromatic heterocycles. The Labute approximate surface area is 168 Å². The Bertz CT molecular complexity index is 722. The monoisotopic (exact) mass is 415 g/mol. The predicted octanol–water partition coefficient (Wildman–Crippen LogP) is 4.24. The summed E-state index contributed by atoms with van der Waals surface area (Å²) in [6.07, 6.45) is -2.14. The van der Waals surface area contributed by atoms with Crippen LogP contribution in [0.15, 0.2) is 17.0 Å². The minimum Gasteiger partial charge on any atom is -0.381 e. The lowest BCUT2D eigenvalue weighted by Gasteiger charge is -2.63. The van der Waals surface area contributed by atoms with Gasteiger partial charge < -0.3 is 4.74 Å². The van der Waals surface area contributed by atoms with Gasteiger partial charge in [0, 0.05) is 55.7 Å². The summed E-state index contributed by atoms with van der Waals surface area (Å²) in [7, 11) is 0. The molecule has 156 valence electrons. The van der Waals surface area contributed by atoms with E-state index in [1.807, 2.05) is 0 Å². The number of likely N-dealkylation sites (tertiary alicyclic amines) is 1. The van der Waals surface area contributed by atoms with Crippen molar-refractivity contribution in [1.29, 1.82) is 0 Å². The van der Waals surface area contributed by atoms with Gasteiger partial charge in [0.05, 0.1) is 5.69 Å². The van der Waals surface area contributed by atoms with E-state index in [1.54, 1.807) is 13.0 Å². The molecular formula is C20H28F3N3OS. The Morgan fingerprint density at radius 3 is 2.36 bits per heavy atom. The standard InChI is InChI=1S/C20H28F3N3OS/c1-14-16(4-5-17(24-14)20(21,22)23)28-26-12-19(13-26)10-25(11-19)15(2)18(3)6-8-27-9-7-18/h4-5,15H,6-13H2,1-3H3. The highest BCUT2D eigenvalue weighted by atomic mass is 32.2. The zero-order valence-electron chi connectivity index (χ0n) is 16.7. The molecule has 4 heterocycles. The molecule has 0 aromatic carbocycles. The number of hydrogen-bond donors (Lipinski definition) is 0. The number of hydrogen-bond acceptors (Lipinski definition) is 5. The van der Waals surface area contributed by atoms with Crippen LogP contribution in [-0.2, 0) is 10.9 Å². The molecule has 4 rings (SSSR count). The van der Waals surface area contributed by atoms with Crippen molar-refractivity contribution in [1.82, 2.24) is 14.2 Å². The summed E-state index contributed by atoms with van der Waals surface area (Å²) < 4.78 is 46.1. The molecule has 1 atom stereocenters. The molecule has 3 aliphatic heterocycles. The zero-order chi connectivity index (χ0) is 20.2. The predicted molar refractivity (Wildman–Crippen MR) is 103 cm³/mol. The van der Waals surface area contributed by atoms with Crippen molar-refractivity contribution in [3.05, 3.63) is 23.5 Å². The molecule has 0 aliphatic carbocycles. The van der Waals surface area contributed by atoms with Crippen LogP contribution in [0.4, 0.5) is 13.2 Å². The highest BCUT2D eigenvalue weighted by Gasteiger charge is 2.54. The topological polar surface area (TPSA) is 28.6 Å². The van der Waals surface area contributed by atoms with E-state index in [4.69, 9.17) is 4.74 Å². The molecule has 3 aliphatic rings. The molecule has 0 saturated carbocycles. The van der Waals surface area contributed by atoms with Gasteiger partial charge in [0.2, 0.25) is 0 Å². The third-order valence-electron chi connectivity index (χ3n) is 6.85. The number of alkyl halides is 3. The van der Waals surface area contributed by atoms with E-state index >= 15 is 0 Å². The Morgan fingerprint density at radius 1 is 1.14 bits per heavy atom. The second-order valence-electron chi connectivity index (χ2n) is 9.01. The van der Waals surface area contributed by atoms with Crippen molar-refractivity contribution < 1.29 is 17.9 Å². The van der Waals surface area contributed by atoms with Gasteiger partial charge in [0.15, 0.2) is 0 Å². The fourth-order valence-corrected chi connectivity index (χ4v) is 5.96. The van der Waals surface area contributed by atoms with Gasteiger partial charge in [-0.1, -0.05) is 6.92 Å². The molecule has 3 saturated heterocycles. The molecule has 4 nitrogen and oxygen atoms in total. The molecule has 1 unspecified atom stereocenters. The number of pyridine rings is 1. The van der Waals surface area contributed by atoms with E-state index in [0.29, 0.717) is 22.6 Å². The summed E-state index contributed by atoms with van der Waals surface area (Å²) in [6.45, 7) is 12.3. The molecule has 28 heavy (non-hydrogen) atoms. The first kappa shape index (κ1) is 20.4. The van der Waals surface area contributed by atoms with Crippen molar-refractivity contribution in [2.45, 2.75) is 50.7 Å². The molecule has 0 amide bonds. The normalized spacial score (nSPS) is 25.9. The quantitative estimate of drug-likeness (QED) is 0.686. The van der Waals surface area contributed by atoms with Crippen LogP contribution >= 0.6 is 11.9 Å². The van der Waals surface area contributed by atoms with Gasteiger partial charge in [-0.15, -0.1) is 0 Å². The van der Waals surface area contributed by atoms with E-state index < -0.39 is 11.9 Å². The maximum atomic E-state index is 12.8. The van der Waals surface area contributed by atoms with Gasteiger partial charge in [0.1, 0.15) is 5.69 Å². The Kier molecular flexibility index (Phi) is 5.22. The van der Waals surface area contributed by atoms with E-state index in [9.17, 15) is 13.2 Å². The summed E-state index contributed by atoms with van der Waals surface area (Å²) in [5.41, 5.74) is 0.314. The Balaban J connectivity index is 1.28. The van der Waals surface area contributed by atoms with Crippen molar-refractivity contribution >= 4 is 11.9 Å². The van der Waals surface area contributed by atoms with Crippen LogP contribution in [0.5, 0.6) is 0 Å². The zero-order valence-corrected chi connectivity index (χ0v) is 17.5. The number of aryl methyl sites for hydroxylation is 1. The number of ether oxygens (including phenoxy) is 1. The average Bonchev–Trinajstić information content (AvgIpc) is 2.56. The summed E-state index contributed by atoms with van der Waals surface area (Å²) in [6, 6.07) is 3.18. The first-order valence-electron chi connectivity index (χ1n) is 9.90. The van der Waals surface area contributed by atoms with Crippen molar-refractivity contribution in [2.75, 3.05) is 39.4 Å². The third-order valence-corrected chi connectivity index (χ3v) is 7.99. The van der Waals surface area contributed by atoms with Crippen LogP contribution in [0.2, 0.25) is 0 Å². The smallest absolute Gasteiger partial charge is 0.381 e. The number of nitrogens with zero attached hydrogens (tertiary/aromatic N) is 3. The molecule has 0 radical (unpaired) electrons. The Hall–Kier alpha value is -0.830. The van der Waals surface area contributed by atoms with E-state index in [-0.39, 0.29) is 0 Å². The van der Waals surface area contributed by atoms with Crippen molar-refractivity contribution in [3.8, 4) is 0 Å². The second kappa shape index (κ2) is 7.15. The largest absolute Gasteiger partial charge is 0.433 e. The van der Waals surface area contributed by atoms with Crippen molar-refractivity contribution in [3.63, 3.8) is 0 Å². The maximum absolute atomic E-state index is 12.8. The number of aromatic nitrogens is 1. The van der Waals surface area contributed by atoms with Gasteiger partial charge in [-0.2, -0.15) is 13.2 Å². The van der Waals surface area contributed by atoms with Gasteiger partial charge in [0.25, 0.3) is 0 Å². The van der Waals surface area contributed by atoms with E-state index in [2.05, 4.69) is 28.0 Å². The molecule has 0 bridgehead atoms. The summed E-state index contributed by atoms with van der Waals surface area (Å²) in [5.74, 6) is 0. The lowest BCUT2D eigenvalue weighted by Crippen LogP contribution is -2.73. The Morgan fingerprint density at radius 2 is 1.79 bits per heavy atom. The maximum Gasteiger partial charge on any atom is 0.433 e. The molecule has 1 spiro atoms. The first-order chi connectivity index (χ1) is 13.1. The van der Waals surface area contributed by atoms with E-state index in [1.165, 1.54) is 11.9 Å². The van der Waals surface area contributed by atoms with Crippen LogP contribution in [0.25, 0.3) is 0 Å². The minimum absolute atomic E-state index is 0.334. The summed E-state index contributed by atoms with van der Waals surface area (Å²) >= 11 is 1.53. The van der Waals surface area contributed by atoms with Crippen LogP contribution in [-0.4, -0.2) is 59.6 Å². The van der Waals surface area contributed by atoms with Gasteiger partial charge >= 0.3 is 6.18 Å². The lowest BCUT2D eigenvalue weighted by atomic mass is 9.69. The van der Waals surface area contributed by atoms with Gasteiger partial charge in [-0.05, 0) is 56.2 Å². The summed E-state index contributed by atoms with van der Waals surface area (Å²) in [4.78, 5) is 7.13. The number of rotatable bonds is 4. The van der Waals surface area contributed by atoms with Gasteiger partial charge in [-0.25, -0.2) is 9.29 Å². The lowest BCUT2D eigenvalue weighted by molar-refractivity contribution is -0.141. The van der Waals surface area contributed by atoms with Gasteiger partial charge in [-0.3, -0.25) is 4.90 Å². The van der Waals surface area contributed by atoms with Crippen molar-refractivity contribution in [2.24, 2.45) is 10.8 Å². The van der Waals surface area contributed by atoms with Crippen LogP contribution in [0.1, 0.15) is 38.1 Å². The first-order valence-corrected chi connectivity index (χ1v) is 10.7. The van der Waals surface area contributed by atoms with Crippen LogP contribution in [0, 0.1) is 17.8 Å². The molecule has 0 N–H and O–H groups in total. The average molecular weight is 416 g/mol. The summed E-state index contributed by atoms with van der Waals surface area (Å²) in [5, 5.41) is 0. The SMILES string of the molecule is Cc1nc(C(F)(F)F)ccc1SN1CC2(C1)CN(C(C)C1(C)CCOCC1)C2. The van der Waals surface area contributed by atoms with Crippen LogP contribution in [0.3, 0.4) is 0 Å². The fourth-order valence-electron chi connectivity index (χ4n) is 4.69.